The molecule has 6 heteroatoms. The van der Waals surface area contributed by atoms with E-state index in [1.54, 1.807) is 0 Å². The maximum Gasteiger partial charge on any atom is 0.458 e. The van der Waals surface area contributed by atoms with E-state index in [-0.39, 0.29) is 18.4 Å². The van der Waals surface area contributed by atoms with Crippen molar-refractivity contribution in [2.24, 2.45) is 0 Å². The summed E-state index contributed by atoms with van der Waals surface area (Å²) in [4.78, 5) is 0. The second-order valence-electron chi connectivity index (χ2n) is 3.78. The molecule has 1 aliphatic carbocycles. The monoisotopic (exact) mass is 256 g/mol. The van der Waals surface area contributed by atoms with Crippen LogP contribution in [-0.2, 0) is 0 Å². The van der Waals surface area contributed by atoms with Crippen molar-refractivity contribution in [1.29, 1.82) is 0 Å². The third-order valence-corrected chi connectivity index (χ3v) is 2.42. The molecule has 17 heavy (non-hydrogen) atoms. The Bertz CT molecular complexity index is 352. The molecule has 1 fully saturated rings. The molecule has 1 saturated carbocycles. The Hall–Kier alpha value is -1.12. The summed E-state index contributed by atoms with van der Waals surface area (Å²) >= 11 is 0. The van der Waals surface area contributed by atoms with Crippen LogP contribution in [0.15, 0.2) is 11.1 Å². The zero-order valence-corrected chi connectivity index (χ0v) is 8.80. The highest BCUT2D eigenvalue weighted by Gasteiger charge is 2.36. The van der Waals surface area contributed by atoms with Crippen molar-refractivity contribution in [1.82, 2.24) is 0 Å². The first kappa shape index (κ1) is 13.9. The fourth-order valence-corrected chi connectivity index (χ4v) is 1.72. The van der Waals surface area contributed by atoms with Crippen LogP contribution in [0.25, 0.3) is 0 Å². The summed E-state index contributed by atoms with van der Waals surface area (Å²) in [5.74, 6) is 1.95. The van der Waals surface area contributed by atoms with Crippen molar-refractivity contribution in [3.63, 3.8) is 0 Å². The number of hydrogen-bond acceptors (Lipinski definition) is 0. The summed E-state index contributed by atoms with van der Waals surface area (Å²) < 4.78 is 73.1. The number of rotatable bonds is 0. The minimum Gasteiger partial charge on any atom is -0.165 e. The Morgan fingerprint density at radius 1 is 0.882 bits per heavy atom. The molecule has 0 bridgehead atoms. The molecule has 0 amide bonds. The van der Waals surface area contributed by atoms with Crippen molar-refractivity contribution >= 4 is 0 Å². The largest absolute Gasteiger partial charge is 0.458 e. The molecule has 0 nitrogen and oxygen atoms in total. The molecule has 0 radical (unpaired) electrons. The van der Waals surface area contributed by atoms with Gasteiger partial charge in [-0.3, -0.25) is 0 Å². The molecule has 0 atom stereocenters. The van der Waals surface area contributed by atoms with Crippen LogP contribution in [0, 0.1) is 11.8 Å². The Morgan fingerprint density at radius 3 is 1.82 bits per heavy atom. The molecule has 0 aromatic carbocycles. The smallest absolute Gasteiger partial charge is 0.165 e. The lowest BCUT2D eigenvalue weighted by Crippen LogP contribution is -2.15. The van der Waals surface area contributed by atoms with Crippen LogP contribution in [0.1, 0.15) is 32.1 Å². The summed E-state index contributed by atoms with van der Waals surface area (Å²) in [5.41, 5.74) is -1.31. The van der Waals surface area contributed by atoms with E-state index in [4.69, 9.17) is 0 Å². The van der Waals surface area contributed by atoms with Gasteiger partial charge in [-0.05, 0) is 31.3 Å². The van der Waals surface area contributed by atoms with E-state index in [1.165, 1.54) is 5.92 Å². The van der Waals surface area contributed by atoms with Crippen molar-refractivity contribution in [3.8, 4) is 11.8 Å². The first-order chi connectivity index (χ1) is 7.70. The zero-order valence-electron chi connectivity index (χ0n) is 8.80. The van der Waals surface area contributed by atoms with E-state index < -0.39 is 17.9 Å². The summed E-state index contributed by atoms with van der Waals surface area (Å²) in [5, 5.41) is 0. The standard InChI is InChI=1S/C11H10F6/c12-10(13,14)7-6-9(11(15,16)17)8-4-2-1-3-5-8/h1-5H2. The quantitative estimate of drug-likeness (QED) is 0.446. The van der Waals surface area contributed by atoms with E-state index in [0.717, 1.165) is 6.42 Å². The molecule has 1 rings (SSSR count). The lowest BCUT2D eigenvalue weighted by molar-refractivity contribution is -0.0887. The van der Waals surface area contributed by atoms with Gasteiger partial charge in [0, 0.05) is 5.92 Å². The number of hydrogen-bond donors (Lipinski definition) is 0. The van der Waals surface area contributed by atoms with E-state index in [1.807, 2.05) is 0 Å². The molecule has 0 heterocycles. The summed E-state index contributed by atoms with van der Waals surface area (Å²) in [7, 11) is 0. The second kappa shape index (κ2) is 5.03. The van der Waals surface area contributed by atoms with Crippen LogP contribution in [0.3, 0.4) is 0 Å². The van der Waals surface area contributed by atoms with Gasteiger partial charge in [0.2, 0.25) is 0 Å². The van der Waals surface area contributed by atoms with Crippen LogP contribution in [0.5, 0.6) is 0 Å². The predicted octanol–water partition coefficient (Wildman–Crippen LogP) is 4.38. The SMILES string of the molecule is FC(F)(F)C#CC(=C1CCCCC1)C(F)(F)F. The van der Waals surface area contributed by atoms with Crippen LogP contribution >= 0.6 is 0 Å². The van der Waals surface area contributed by atoms with Crippen LogP contribution in [-0.4, -0.2) is 12.4 Å². The number of alkyl halides is 6. The van der Waals surface area contributed by atoms with Gasteiger partial charge in [0.25, 0.3) is 0 Å². The highest BCUT2D eigenvalue weighted by Crippen LogP contribution is 2.34. The van der Waals surface area contributed by atoms with Gasteiger partial charge in [-0.1, -0.05) is 12.3 Å². The van der Waals surface area contributed by atoms with Crippen molar-refractivity contribution in [3.05, 3.63) is 11.1 Å². The van der Waals surface area contributed by atoms with Gasteiger partial charge in [0.1, 0.15) is 5.57 Å². The minimum absolute atomic E-state index is 0.000463. The normalized spacial score (nSPS) is 17.4. The van der Waals surface area contributed by atoms with Gasteiger partial charge in [-0.2, -0.15) is 26.3 Å². The van der Waals surface area contributed by atoms with Crippen molar-refractivity contribution in [2.45, 2.75) is 44.5 Å². The topological polar surface area (TPSA) is 0 Å². The van der Waals surface area contributed by atoms with Crippen LogP contribution < -0.4 is 0 Å². The summed E-state index contributed by atoms with van der Waals surface area (Å²) in [6, 6.07) is 0. The lowest BCUT2D eigenvalue weighted by atomic mass is 9.91. The highest BCUT2D eigenvalue weighted by atomic mass is 19.4. The molecule has 96 valence electrons. The maximum atomic E-state index is 12.6. The first-order valence-electron chi connectivity index (χ1n) is 5.09. The van der Waals surface area contributed by atoms with Crippen LogP contribution in [0.2, 0.25) is 0 Å². The van der Waals surface area contributed by atoms with E-state index in [2.05, 4.69) is 0 Å². The molecule has 0 unspecified atom stereocenters. The van der Waals surface area contributed by atoms with E-state index >= 15 is 0 Å². The molecule has 0 aliphatic heterocycles. The Labute approximate surface area is 94.7 Å². The third kappa shape index (κ3) is 4.72. The highest BCUT2D eigenvalue weighted by molar-refractivity contribution is 5.38. The Kier molecular flexibility index (Phi) is 4.12. The van der Waals surface area contributed by atoms with Gasteiger partial charge >= 0.3 is 12.4 Å². The predicted molar refractivity (Wildman–Crippen MR) is 50.0 cm³/mol. The van der Waals surface area contributed by atoms with Crippen LogP contribution in [0.4, 0.5) is 26.3 Å². The van der Waals surface area contributed by atoms with Gasteiger partial charge in [-0.15, -0.1) is 0 Å². The van der Waals surface area contributed by atoms with Gasteiger partial charge in [0.05, 0.1) is 0 Å². The molecule has 0 saturated heterocycles. The van der Waals surface area contributed by atoms with Crippen molar-refractivity contribution in [2.75, 3.05) is 0 Å². The average molecular weight is 256 g/mol. The zero-order chi connectivity index (χ0) is 13.1. The Morgan fingerprint density at radius 2 is 1.41 bits per heavy atom. The number of halogens is 6. The average Bonchev–Trinajstić information content (AvgIpc) is 2.15. The molecule has 1 aliphatic rings. The molecule has 0 N–H and O–H groups in total. The van der Waals surface area contributed by atoms with Gasteiger partial charge in [0.15, 0.2) is 0 Å². The molecule has 0 spiro atoms. The lowest BCUT2D eigenvalue weighted by Gasteiger charge is -2.18. The summed E-state index contributed by atoms with van der Waals surface area (Å²) in [6.07, 6.45) is -7.38. The van der Waals surface area contributed by atoms with E-state index in [0.29, 0.717) is 18.8 Å². The summed E-state index contributed by atoms with van der Waals surface area (Å²) in [6.45, 7) is 0. The van der Waals surface area contributed by atoms with Crippen molar-refractivity contribution < 1.29 is 26.3 Å². The van der Waals surface area contributed by atoms with Gasteiger partial charge in [-0.25, -0.2) is 0 Å². The molecular formula is C11H10F6. The maximum absolute atomic E-state index is 12.6. The Balaban J connectivity index is 3.07. The molecule has 0 aromatic heterocycles. The first-order valence-corrected chi connectivity index (χ1v) is 5.09. The molecule has 0 aromatic rings. The second-order valence-corrected chi connectivity index (χ2v) is 3.78. The van der Waals surface area contributed by atoms with E-state index in [9.17, 15) is 26.3 Å². The minimum atomic E-state index is -4.90. The van der Waals surface area contributed by atoms with Gasteiger partial charge < -0.3 is 0 Å². The fourth-order valence-electron chi connectivity index (χ4n) is 1.72. The third-order valence-electron chi connectivity index (χ3n) is 2.42. The molecular weight excluding hydrogens is 246 g/mol. The number of allylic oxidation sites excluding steroid dienone is 2. The fraction of sp³-hybridized carbons (Fsp3) is 0.636.